The zero-order chi connectivity index (χ0) is 76.7. The number of hydrogen-bond acceptors (Lipinski definition) is 35. The van der Waals surface area contributed by atoms with Crippen LogP contribution in [0.3, 0.4) is 0 Å². The van der Waals surface area contributed by atoms with Gasteiger partial charge in [-0.05, 0) is 126 Å². The standard InChI is InChI=1S/5C12H14O7S.3CH4.K.Na/c5*1-8(13)9-5-10(12(14)19-4-3-18-2)7-11(6-9)20(15,16)17;;;;;/h5*5-7H,3-4H2,1-2H3,(H,15,16,17);3*1H4;;/q;;;;;;;;2*+1/p-5. The molecular formula is C63H77KNaO35S5-3. The summed E-state index contributed by atoms with van der Waals surface area (Å²) in [7, 11) is -16.8. The van der Waals surface area contributed by atoms with E-state index in [4.69, 9.17) is 47.4 Å². The SMILES string of the molecule is C.C.C.COCCOC(=O)c1cc(C(C)=O)cc(S(=O)(=O)[O-])c1.COCCOC(=O)c1cc(C(C)=O)cc(S(=O)(=O)[O-])c1.COCCOC(=O)c1cc(C(C)=O)cc(S(=O)(=O)[O-])c1.COCCOC(=O)c1cc(C(C)=O)cc(S(=O)(=O)[O-])c1.COCCOC(=O)c1cc(C(C)=O)cc(S(=O)(=O)[O-])c1.[K+].[Na+]. The van der Waals surface area contributed by atoms with Crippen molar-refractivity contribution in [3.05, 3.63) is 147 Å². The molecule has 5 aromatic rings. The molecule has 0 saturated carbocycles. The summed E-state index contributed by atoms with van der Waals surface area (Å²) in [6, 6.07) is 14.9. The number of Topliss-reactive ketones (excluding diaryl/α,β-unsaturated/α-hetero) is 5. The van der Waals surface area contributed by atoms with Crippen molar-refractivity contribution in [2.75, 3.05) is 102 Å². The second-order valence-electron chi connectivity index (χ2n) is 19.4. The van der Waals surface area contributed by atoms with E-state index in [-0.39, 0.29) is 225 Å². The Balaban J connectivity index is -0.000000392. The fourth-order valence-electron chi connectivity index (χ4n) is 6.83. The molecule has 42 heteroatoms. The van der Waals surface area contributed by atoms with Crippen LogP contribution in [0.15, 0.2) is 115 Å². The second-order valence-corrected chi connectivity index (χ2v) is 26.3. The average Bonchev–Trinajstić information content (AvgIpc) is 0.850. The van der Waals surface area contributed by atoms with Crippen LogP contribution in [0.2, 0.25) is 0 Å². The van der Waals surface area contributed by atoms with Gasteiger partial charge in [0.15, 0.2) is 28.9 Å². The van der Waals surface area contributed by atoms with E-state index in [1.54, 1.807) is 0 Å². The van der Waals surface area contributed by atoms with Crippen molar-refractivity contribution in [3.63, 3.8) is 0 Å². The Kier molecular flexibility index (Phi) is 52.3. The average molecular weight is 1620 g/mol. The van der Waals surface area contributed by atoms with E-state index in [1.165, 1.54) is 100 Å². The monoisotopic (exact) mass is 1620 g/mol. The van der Waals surface area contributed by atoms with E-state index in [1.807, 2.05) is 0 Å². The maximum Gasteiger partial charge on any atom is 1.00 e. The quantitative estimate of drug-likeness (QED) is 0.0131. The number of benzene rings is 5. The van der Waals surface area contributed by atoms with Gasteiger partial charge in [0.25, 0.3) is 0 Å². The van der Waals surface area contributed by atoms with Gasteiger partial charge in [-0.25, -0.2) is 66.1 Å². The van der Waals surface area contributed by atoms with Crippen LogP contribution in [0, 0.1) is 0 Å². The van der Waals surface area contributed by atoms with Gasteiger partial charge in [0.1, 0.15) is 83.6 Å². The molecule has 574 valence electrons. The zero-order valence-corrected chi connectivity index (χ0v) is 65.8. The van der Waals surface area contributed by atoms with Crippen molar-refractivity contribution in [3.8, 4) is 0 Å². The molecule has 0 saturated heterocycles. The molecule has 0 N–H and O–H groups in total. The normalized spacial score (nSPS) is 10.6. The summed E-state index contributed by atoms with van der Waals surface area (Å²) in [6.45, 7) is 6.67. The molecule has 0 aliphatic rings. The molecule has 0 bridgehead atoms. The number of methoxy groups -OCH3 is 5. The Morgan fingerprint density at radius 2 is 0.362 bits per heavy atom. The van der Waals surface area contributed by atoms with E-state index >= 15 is 0 Å². The Hall–Kier alpha value is -6.21. The van der Waals surface area contributed by atoms with Crippen molar-refractivity contribution in [1.82, 2.24) is 0 Å². The number of rotatable bonds is 30. The smallest absolute Gasteiger partial charge is 0.744 e. The first-order valence-electron chi connectivity index (χ1n) is 27.7. The molecule has 0 heterocycles. The molecule has 0 amide bonds. The van der Waals surface area contributed by atoms with E-state index in [0.717, 1.165) is 60.7 Å². The molecule has 0 spiro atoms. The third-order valence-corrected chi connectivity index (χ3v) is 15.9. The largest absolute Gasteiger partial charge is 1.00 e. The van der Waals surface area contributed by atoms with Crippen molar-refractivity contribution in [2.45, 2.75) is 81.4 Å². The van der Waals surface area contributed by atoms with E-state index < -0.39 is 134 Å². The van der Waals surface area contributed by atoms with E-state index in [0.29, 0.717) is 0 Å². The Morgan fingerprint density at radius 3 is 0.457 bits per heavy atom. The fraction of sp³-hybridized carbons (Fsp3) is 0.365. The number of esters is 5. The predicted molar refractivity (Wildman–Crippen MR) is 353 cm³/mol. The summed E-state index contributed by atoms with van der Waals surface area (Å²) in [6.07, 6.45) is 0. The second kappa shape index (κ2) is 51.2. The van der Waals surface area contributed by atoms with Crippen LogP contribution in [0.1, 0.15) is 160 Å². The van der Waals surface area contributed by atoms with Gasteiger partial charge >= 0.3 is 111 Å². The van der Waals surface area contributed by atoms with Crippen LogP contribution in [-0.2, 0) is 98.0 Å². The maximum absolute atomic E-state index is 11.7. The predicted octanol–water partition coefficient (Wildman–Crippen LogP) is -1.10. The summed E-state index contributed by atoms with van der Waals surface area (Å²) in [5.74, 6) is -6.54. The molecule has 105 heavy (non-hydrogen) atoms. The van der Waals surface area contributed by atoms with Gasteiger partial charge in [-0.2, -0.15) is 0 Å². The number of carbonyl (C=O) groups excluding carboxylic acids is 10. The molecule has 5 rings (SSSR count). The first kappa shape index (κ1) is 107. The van der Waals surface area contributed by atoms with Crippen LogP contribution in [0.4, 0.5) is 0 Å². The topological polar surface area (TPSA) is 549 Å². The van der Waals surface area contributed by atoms with Gasteiger partial charge in [-0.3, -0.25) is 24.0 Å². The third kappa shape index (κ3) is 40.5. The first-order chi connectivity index (χ1) is 46.3. The van der Waals surface area contributed by atoms with Gasteiger partial charge < -0.3 is 70.1 Å². The van der Waals surface area contributed by atoms with Gasteiger partial charge in [-0.1, -0.05) is 22.3 Å². The van der Waals surface area contributed by atoms with Crippen molar-refractivity contribution in [1.29, 1.82) is 0 Å². The van der Waals surface area contributed by atoms with Crippen molar-refractivity contribution in [2.24, 2.45) is 0 Å². The fourth-order valence-corrected chi connectivity index (χ4v) is 9.54. The molecule has 0 aromatic heterocycles. The van der Waals surface area contributed by atoms with Crippen LogP contribution in [-0.4, -0.2) is 225 Å². The van der Waals surface area contributed by atoms with Crippen molar-refractivity contribution < 1.29 is 241 Å². The summed E-state index contributed by atoms with van der Waals surface area (Å²) in [5, 5.41) is 0. The molecule has 0 radical (unpaired) electrons. The number of ether oxygens (including phenoxy) is 10. The van der Waals surface area contributed by atoms with Crippen LogP contribution in [0.25, 0.3) is 0 Å². The van der Waals surface area contributed by atoms with Crippen molar-refractivity contribution >= 4 is 109 Å². The maximum atomic E-state index is 11.7. The van der Waals surface area contributed by atoms with Gasteiger partial charge in [0.2, 0.25) is 0 Å². The van der Waals surface area contributed by atoms with Crippen LogP contribution >= 0.6 is 0 Å². The Morgan fingerprint density at radius 1 is 0.248 bits per heavy atom. The minimum Gasteiger partial charge on any atom is -0.744 e. The van der Waals surface area contributed by atoms with E-state index in [9.17, 15) is 113 Å². The van der Waals surface area contributed by atoms with Gasteiger partial charge in [0.05, 0.1) is 85.3 Å². The van der Waals surface area contributed by atoms with Gasteiger partial charge in [-0.15, -0.1) is 0 Å². The molecular weight excluding hydrogens is 1540 g/mol. The molecule has 35 nitrogen and oxygen atoms in total. The van der Waals surface area contributed by atoms with Crippen LogP contribution in [0.5, 0.6) is 0 Å². The van der Waals surface area contributed by atoms with E-state index in [2.05, 4.69) is 0 Å². The van der Waals surface area contributed by atoms with Crippen LogP contribution < -0.4 is 80.9 Å². The minimum atomic E-state index is -4.77. The summed E-state index contributed by atoms with van der Waals surface area (Å²) in [4.78, 5) is 112. The first-order valence-corrected chi connectivity index (χ1v) is 34.7. The molecule has 0 aliphatic heterocycles. The van der Waals surface area contributed by atoms with Gasteiger partial charge in [0, 0.05) is 63.4 Å². The molecule has 0 atom stereocenters. The third-order valence-electron chi connectivity index (χ3n) is 11.8. The number of carbonyl (C=O) groups is 10. The molecule has 0 aliphatic carbocycles. The minimum absolute atomic E-state index is 0. The molecule has 0 unspecified atom stereocenters. The Bertz CT molecular complexity index is 3760. The number of ketones is 5. The zero-order valence-electron chi connectivity index (χ0n) is 56.6. The molecule has 5 aromatic carbocycles. The summed E-state index contributed by atoms with van der Waals surface area (Å²) < 4.78 is 213. The number of hydrogen-bond donors (Lipinski definition) is 0. The summed E-state index contributed by atoms with van der Waals surface area (Å²) in [5.41, 5.74) is -1.16. The molecule has 0 fully saturated rings. The Labute approximate surface area is 673 Å². The summed E-state index contributed by atoms with van der Waals surface area (Å²) >= 11 is 0.